The van der Waals surface area contributed by atoms with Crippen LogP contribution in [0.3, 0.4) is 0 Å². The standard InChI is InChI=1S/C21H32N4O5S/c1-21(7-8-21)30-20(26)25-9-3-16(4-10-25)15-29-19-14-22-18(13-23-19)24-11-5-17(6-12-24)31(2,27)28/h13-14,16-17H,3-12,15H2,1-2H3. The van der Waals surface area contributed by atoms with Crippen molar-refractivity contribution in [3.8, 4) is 5.88 Å². The molecule has 0 spiro atoms. The van der Waals surface area contributed by atoms with Gasteiger partial charge in [0.15, 0.2) is 0 Å². The third kappa shape index (κ3) is 5.78. The minimum Gasteiger partial charge on any atom is -0.476 e. The molecule has 3 heterocycles. The molecule has 0 unspecified atom stereocenters. The first-order chi connectivity index (χ1) is 14.7. The molecular formula is C21H32N4O5S. The summed E-state index contributed by atoms with van der Waals surface area (Å²) >= 11 is 0. The summed E-state index contributed by atoms with van der Waals surface area (Å²) in [5, 5.41) is -0.260. The number of hydrogen-bond acceptors (Lipinski definition) is 8. The molecular weight excluding hydrogens is 420 g/mol. The van der Waals surface area contributed by atoms with E-state index in [0.717, 1.165) is 31.5 Å². The van der Waals surface area contributed by atoms with Crippen molar-refractivity contribution < 1.29 is 22.7 Å². The van der Waals surface area contributed by atoms with E-state index >= 15 is 0 Å². The minimum atomic E-state index is -2.98. The van der Waals surface area contributed by atoms with Gasteiger partial charge in [0.1, 0.15) is 21.3 Å². The molecule has 3 aliphatic rings. The third-order valence-corrected chi connectivity index (χ3v) is 8.30. The van der Waals surface area contributed by atoms with Gasteiger partial charge in [0, 0.05) is 32.4 Å². The van der Waals surface area contributed by atoms with E-state index < -0.39 is 9.84 Å². The van der Waals surface area contributed by atoms with Crippen LogP contribution in [-0.2, 0) is 14.6 Å². The first-order valence-electron chi connectivity index (χ1n) is 11.1. The Kier molecular flexibility index (Phi) is 6.27. The lowest BCUT2D eigenvalue weighted by molar-refractivity contribution is 0.0454. The summed E-state index contributed by atoms with van der Waals surface area (Å²) in [6.45, 7) is 5.23. The summed E-state index contributed by atoms with van der Waals surface area (Å²) in [5.41, 5.74) is -0.231. The number of hydrogen-bond donors (Lipinski definition) is 0. The topological polar surface area (TPSA) is 102 Å². The van der Waals surface area contributed by atoms with Crippen LogP contribution in [0, 0.1) is 5.92 Å². The highest BCUT2D eigenvalue weighted by molar-refractivity contribution is 7.91. The molecule has 9 nitrogen and oxygen atoms in total. The monoisotopic (exact) mass is 452 g/mol. The SMILES string of the molecule is CC1(OC(=O)N2CCC(COc3cnc(N4CCC(S(C)(=O)=O)CC4)cn3)CC2)CC1. The smallest absolute Gasteiger partial charge is 0.410 e. The summed E-state index contributed by atoms with van der Waals surface area (Å²) in [5.74, 6) is 1.60. The predicted octanol–water partition coefficient (Wildman–Crippen LogP) is 2.27. The number of amides is 1. The van der Waals surface area contributed by atoms with E-state index in [1.54, 1.807) is 17.3 Å². The fourth-order valence-corrected chi connectivity index (χ4v) is 5.17. The first kappa shape index (κ1) is 22.1. The summed E-state index contributed by atoms with van der Waals surface area (Å²) in [6.07, 6.45) is 9.34. The van der Waals surface area contributed by atoms with Gasteiger partial charge in [-0.2, -0.15) is 0 Å². The van der Waals surface area contributed by atoms with Crippen LogP contribution >= 0.6 is 0 Å². The molecule has 1 amide bonds. The minimum absolute atomic E-state index is 0.193. The molecule has 1 aromatic rings. The molecule has 0 atom stereocenters. The van der Waals surface area contributed by atoms with Crippen LogP contribution in [0.2, 0.25) is 0 Å². The fraction of sp³-hybridized carbons (Fsp3) is 0.762. The molecule has 4 rings (SSSR count). The Labute approximate surface area is 184 Å². The number of ether oxygens (including phenoxy) is 2. The predicted molar refractivity (Wildman–Crippen MR) is 116 cm³/mol. The highest BCUT2D eigenvalue weighted by Crippen LogP contribution is 2.39. The van der Waals surface area contributed by atoms with Crippen molar-refractivity contribution >= 4 is 21.7 Å². The van der Waals surface area contributed by atoms with Crippen LogP contribution in [-0.4, -0.2) is 79.3 Å². The number of nitrogens with zero attached hydrogens (tertiary/aromatic N) is 4. The second kappa shape index (κ2) is 8.80. The molecule has 0 radical (unpaired) electrons. The molecule has 0 bridgehead atoms. The average Bonchev–Trinajstić information content (AvgIpc) is 3.49. The lowest BCUT2D eigenvalue weighted by atomic mass is 9.98. The molecule has 31 heavy (non-hydrogen) atoms. The second-order valence-electron chi connectivity index (χ2n) is 9.29. The van der Waals surface area contributed by atoms with Crippen LogP contribution in [0.4, 0.5) is 10.6 Å². The first-order valence-corrected chi connectivity index (χ1v) is 13.0. The number of sulfone groups is 1. The van der Waals surface area contributed by atoms with Crippen molar-refractivity contribution in [1.82, 2.24) is 14.9 Å². The molecule has 0 N–H and O–H groups in total. The Bertz CT molecular complexity index is 872. The molecule has 1 aliphatic carbocycles. The van der Waals surface area contributed by atoms with E-state index in [1.807, 2.05) is 6.92 Å². The zero-order valence-corrected chi connectivity index (χ0v) is 19.1. The van der Waals surface area contributed by atoms with Gasteiger partial charge in [-0.25, -0.2) is 23.2 Å². The lowest BCUT2D eigenvalue weighted by Crippen LogP contribution is -2.41. The molecule has 1 aromatic heterocycles. The average molecular weight is 453 g/mol. The summed E-state index contributed by atoms with van der Waals surface area (Å²) in [4.78, 5) is 24.9. The molecule has 10 heteroatoms. The maximum absolute atomic E-state index is 12.2. The Morgan fingerprint density at radius 3 is 2.32 bits per heavy atom. The number of rotatable bonds is 6. The van der Waals surface area contributed by atoms with Gasteiger partial charge in [0.05, 0.1) is 24.3 Å². The number of aromatic nitrogens is 2. The maximum atomic E-state index is 12.2. The number of anilines is 1. The normalized spacial score (nSPS) is 22.3. The zero-order valence-electron chi connectivity index (χ0n) is 18.3. The summed E-state index contributed by atoms with van der Waals surface area (Å²) < 4.78 is 34.8. The Morgan fingerprint density at radius 2 is 1.77 bits per heavy atom. The Balaban J connectivity index is 1.19. The largest absolute Gasteiger partial charge is 0.476 e. The highest BCUT2D eigenvalue weighted by atomic mass is 32.2. The van der Waals surface area contributed by atoms with Crippen LogP contribution < -0.4 is 9.64 Å². The van der Waals surface area contributed by atoms with Gasteiger partial charge in [0.25, 0.3) is 0 Å². The van der Waals surface area contributed by atoms with Crippen molar-refractivity contribution in [2.75, 3.05) is 43.9 Å². The summed E-state index contributed by atoms with van der Waals surface area (Å²) in [6, 6.07) is 0. The molecule has 172 valence electrons. The fourth-order valence-electron chi connectivity index (χ4n) is 4.10. The van der Waals surface area contributed by atoms with Crippen LogP contribution in [0.25, 0.3) is 0 Å². The van der Waals surface area contributed by atoms with Gasteiger partial charge < -0.3 is 19.3 Å². The van der Waals surface area contributed by atoms with Crippen LogP contribution in [0.5, 0.6) is 5.88 Å². The van der Waals surface area contributed by atoms with E-state index in [9.17, 15) is 13.2 Å². The maximum Gasteiger partial charge on any atom is 0.410 e. The van der Waals surface area contributed by atoms with Crippen molar-refractivity contribution in [2.24, 2.45) is 5.92 Å². The molecule has 2 saturated heterocycles. The zero-order chi connectivity index (χ0) is 22.1. The van der Waals surface area contributed by atoms with E-state index in [4.69, 9.17) is 9.47 Å². The van der Waals surface area contributed by atoms with Gasteiger partial charge in [0.2, 0.25) is 5.88 Å². The van der Waals surface area contributed by atoms with E-state index in [0.29, 0.717) is 57.4 Å². The van der Waals surface area contributed by atoms with Gasteiger partial charge in [-0.1, -0.05) is 0 Å². The van der Waals surface area contributed by atoms with Gasteiger partial charge in [-0.05, 0) is 51.4 Å². The van der Waals surface area contributed by atoms with Crippen LogP contribution in [0.15, 0.2) is 12.4 Å². The Morgan fingerprint density at radius 1 is 1.10 bits per heavy atom. The van der Waals surface area contributed by atoms with E-state index in [1.165, 1.54) is 6.26 Å². The third-order valence-electron chi connectivity index (χ3n) is 6.61. The van der Waals surface area contributed by atoms with Crippen molar-refractivity contribution in [2.45, 2.75) is 56.3 Å². The highest BCUT2D eigenvalue weighted by Gasteiger charge is 2.43. The number of carbonyl (C=O) groups is 1. The number of likely N-dealkylation sites (tertiary alicyclic amines) is 1. The van der Waals surface area contributed by atoms with Crippen molar-refractivity contribution in [3.05, 3.63) is 12.4 Å². The molecule has 3 fully saturated rings. The van der Waals surface area contributed by atoms with E-state index in [-0.39, 0.29) is 16.9 Å². The second-order valence-corrected chi connectivity index (χ2v) is 11.6. The Hall–Kier alpha value is -2.10. The summed E-state index contributed by atoms with van der Waals surface area (Å²) in [7, 11) is -2.98. The van der Waals surface area contributed by atoms with E-state index in [2.05, 4.69) is 14.9 Å². The van der Waals surface area contributed by atoms with Crippen molar-refractivity contribution in [3.63, 3.8) is 0 Å². The van der Waals surface area contributed by atoms with Crippen LogP contribution in [0.1, 0.15) is 45.4 Å². The quantitative estimate of drug-likeness (QED) is 0.648. The van der Waals surface area contributed by atoms with Gasteiger partial charge in [-0.3, -0.25) is 0 Å². The molecule has 0 aromatic carbocycles. The molecule has 2 aliphatic heterocycles. The molecule has 1 saturated carbocycles. The van der Waals surface area contributed by atoms with Gasteiger partial charge >= 0.3 is 6.09 Å². The number of piperidine rings is 2. The number of carbonyl (C=O) groups excluding carboxylic acids is 1. The lowest BCUT2D eigenvalue weighted by Gasteiger charge is -2.32. The van der Waals surface area contributed by atoms with Crippen molar-refractivity contribution in [1.29, 1.82) is 0 Å². The van der Waals surface area contributed by atoms with Gasteiger partial charge in [-0.15, -0.1) is 0 Å².